The molecular formula is C22H21F2N. The molecule has 3 heteroatoms. The molecule has 0 radical (unpaired) electrons. The molecule has 0 amide bonds. The Balaban J connectivity index is 1.67. The highest BCUT2D eigenvalue weighted by Crippen LogP contribution is 2.37. The van der Waals surface area contributed by atoms with Crippen LogP contribution in [0.25, 0.3) is 11.1 Å². The molecule has 25 heavy (non-hydrogen) atoms. The fourth-order valence-corrected chi connectivity index (χ4v) is 3.71. The summed E-state index contributed by atoms with van der Waals surface area (Å²) < 4.78 is 25.9. The second-order valence-corrected chi connectivity index (χ2v) is 6.74. The Labute approximate surface area is 147 Å². The fraction of sp³-hybridized carbons (Fsp3) is 0.318. The minimum atomic E-state index is -0.482. The minimum Gasteiger partial charge on any atom is -0.216 e. The third kappa shape index (κ3) is 4.14. The Hall–Kier alpha value is -2.47. The SMILES string of the molecule is N#Cc1ccc(-c2ccc(C3CCC(C/C=C/F)CC3)cc2)cc1F. The van der Waals surface area contributed by atoms with Crippen LogP contribution in [0, 0.1) is 23.1 Å². The van der Waals surface area contributed by atoms with Crippen molar-refractivity contribution < 1.29 is 8.78 Å². The Kier molecular flexibility index (Phi) is 5.60. The molecule has 0 unspecified atom stereocenters. The summed E-state index contributed by atoms with van der Waals surface area (Å²) in [6, 6.07) is 14.8. The molecule has 1 nitrogen and oxygen atoms in total. The molecule has 128 valence electrons. The molecule has 1 aliphatic carbocycles. The molecule has 2 aromatic carbocycles. The lowest BCUT2D eigenvalue weighted by Crippen LogP contribution is -2.12. The van der Waals surface area contributed by atoms with E-state index in [4.69, 9.17) is 5.26 Å². The van der Waals surface area contributed by atoms with Crippen molar-refractivity contribution in [1.82, 2.24) is 0 Å². The molecule has 3 rings (SSSR count). The minimum absolute atomic E-state index is 0.0692. The van der Waals surface area contributed by atoms with Gasteiger partial charge in [0, 0.05) is 0 Å². The van der Waals surface area contributed by atoms with Crippen molar-refractivity contribution in [3.05, 3.63) is 71.8 Å². The summed E-state index contributed by atoms with van der Waals surface area (Å²) in [7, 11) is 0. The van der Waals surface area contributed by atoms with E-state index in [1.54, 1.807) is 12.1 Å². The lowest BCUT2D eigenvalue weighted by Gasteiger charge is -2.28. The van der Waals surface area contributed by atoms with Gasteiger partial charge in [0.15, 0.2) is 0 Å². The highest BCUT2D eigenvalue weighted by atomic mass is 19.1. The largest absolute Gasteiger partial charge is 0.216 e. The van der Waals surface area contributed by atoms with E-state index in [-0.39, 0.29) is 5.56 Å². The van der Waals surface area contributed by atoms with Gasteiger partial charge in [-0.15, -0.1) is 0 Å². The second-order valence-electron chi connectivity index (χ2n) is 6.74. The number of rotatable bonds is 4. The molecule has 0 saturated heterocycles. The van der Waals surface area contributed by atoms with Crippen molar-refractivity contribution in [2.75, 3.05) is 0 Å². The smallest absolute Gasteiger partial charge is 0.141 e. The second kappa shape index (κ2) is 8.07. The molecule has 0 atom stereocenters. The van der Waals surface area contributed by atoms with Crippen LogP contribution in [0.3, 0.4) is 0 Å². The van der Waals surface area contributed by atoms with Gasteiger partial charge in [-0.05, 0) is 72.8 Å². The third-order valence-electron chi connectivity index (χ3n) is 5.21. The quantitative estimate of drug-likeness (QED) is 0.623. The van der Waals surface area contributed by atoms with Gasteiger partial charge in [-0.2, -0.15) is 5.26 Å². The number of allylic oxidation sites excluding steroid dienone is 1. The van der Waals surface area contributed by atoms with Gasteiger partial charge >= 0.3 is 0 Å². The van der Waals surface area contributed by atoms with Gasteiger partial charge in [0.05, 0.1) is 11.9 Å². The predicted octanol–water partition coefficient (Wildman–Crippen LogP) is 6.51. The van der Waals surface area contributed by atoms with Crippen molar-refractivity contribution >= 4 is 0 Å². The summed E-state index contributed by atoms with van der Waals surface area (Å²) in [5.41, 5.74) is 3.12. The van der Waals surface area contributed by atoms with E-state index in [1.165, 1.54) is 17.7 Å². The normalized spacial score (nSPS) is 20.5. The molecule has 0 heterocycles. The Morgan fingerprint density at radius 2 is 1.68 bits per heavy atom. The van der Waals surface area contributed by atoms with Gasteiger partial charge in [-0.25, -0.2) is 8.78 Å². The van der Waals surface area contributed by atoms with Crippen LogP contribution in [0.15, 0.2) is 54.9 Å². The van der Waals surface area contributed by atoms with Gasteiger partial charge in [0.25, 0.3) is 0 Å². The number of nitrogens with zero attached hydrogens (tertiary/aromatic N) is 1. The first-order valence-electron chi connectivity index (χ1n) is 8.76. The summed E-state index contributed by atoms with van der Waals surface area (Å²) in [4.78, 5) is 0. The van der Waals surface area contributed by atoms with Crippen molar-refractivity contribution in [2.45, 2.75) is 38.0 Å². The summed E-state index contributed by atoms with van der Waals surface area (Å²) >= 11 is 0. The van der Waals surface area contributed by atoms with E-state index in [0.717, 1.165) is 43.2 Å². The van der Waals surface area contributed by atoms with Gasteiger partial charge in [-0.3, -0.25) is 0 Å². The molecule has 1 aliphatic rings. The van der Waals surface area contributed by atoms with Gasteiger partial charge in [0.1, 0.15) is 11.9 Å². The Morgan fingerprint density at radius 3 is 2.28 bits per heavy atom. The molecule has 1 fully saturated rings. The van der Waals surface area contributed by atoms with Crippen LogP contribution in [0.1, 0.15) is 49.1 Å². The van der Waals surface area contributed by atoms with Crippen LogP contribution in [-0.2, 0) is 0 Å². The highest BCUT2D eigenvalue weighted by Gasteiger charge is 2.21. The van der Waals surface area contributed by atoms with E-state index in [2.05, 4.69) is 12.1 Å². The zero-order valence-corrected chi connectivity index (χ0v) is 14.1. The van der Waals surface area contributed by atoms with E-state index >= 15 is 0 Å². The van der Waals surface area contributed by atoms with E-state index in [1.807, 2.05) is 18.2 Å². The zero-order chi connectivity index (χ0) is 17.6. The summed E-state index contributed by atoms with van der Waals surface area (Å²) in [5, 5.41) is 8.81. The maximum absolute atomic E-state index is 13.8. The van der Waals surface area contributed by atoms with Crippen LogP contribution < -0.4 is 0 Å². The number of benzene rings is 2. The molecule has 0 bridgehead atoms. The van der Waals surface area contributed by atoms with Crippen LogP contribution in [0.5, 0.6) is 0 Å². The maximum Gasteiger partial charge on any atom is 0.141 e. The molecule has 0 spiro atoms. The summed E-state index contributed by atoms with van der Waals surface area (Å²) in [6.07, 6.45) is 7.65. The number of hydrogen-bond acceptors (Lipinski definition) is 1. The average Bonchev–Trinajstić information content (AvgIpc) is 2.67. The highest BCUT2D eigenvalue weighted by molar-refractivity contribution is 5.64. The third-order valence-corrected chi connectivity index (χ3v) is 5.21. The van der Waals surface area contributed by atoms with Crippen molar-refractivity contribution in [3.63, 3.8) is 0 Å². The van der Waals surface area contributed by atoms with Gasteiger partial charge in [0.2, 0.25) is 0 Å². The first-order chi connectivity index (χ1) is 12.2. The van der Waals surface area contributed by atoms with Crippen molar-refractivity contribution in [2.24, 2.45) is 5.92 Å². The molecule has 0 N–H and O–H groups in total. The summed E-state index contributed by atoms with van der Waals surface area (Å²) in [5.74, 6) is 0.672. The van der Waals surface area contributed by atoms with Crippen LogP contribution in [0.2, 0.25) is 0 Å². The number of nitriles is 1. The molecule has 1 saturated carbocycles. The molecular weight excluding hydrogens is 316 g/mol. The van der Waals surface area contributed by atoms with E-state index < -0.39 is 5.82 Å². The fourth-order valence-electron chi connectivity index (χ4n) is 3.71. The molecule has 2 aromatic rings. The van der Waals surface area contributed by atoms with Crippen LogP contribution in [0.4, 0.5) is 8.78 Å². The molecule has 0 aromatic heterocycles. The van der Waals surface area contributed by atoms with E-state index in [9.17, 15) is 8.78 Å². The lowest BCUT2D eigenvalue weighted by molar-refractivity contribution is 0.327. The van der Waals surface area contributed by atoms with Gasteiger partial charge < -0.3 is 0 Å². The van der Waals surface area contributed by atoms with E-state index in [0.29, 0.717) is 18.2 Å². The average molecular weight is 337 g/mol. The maximum atomic E-state index is 13.8. The Morgan fingerprint density at radius 1 is 1.00 bits per heavy atom. The first kappa shape index (κ1) is 17.4. The van der Waals surface area contributed by atoms with Crippen LogP contribution in [-0.4, -0.2) is 0 Å². The number of hydrogen-bond donors (Lipinski definition) is 0. The van der Waals surface area contributed by atoms with Crippen molar-refractivity contribution in [3.8, 4) is 17.2 Å². The number of halogens is 2. The van der Waals surface area contributed by atoms with Crippen LogP contribution >= 0.6 is 0 Å². The standard InChI is InChI=1S/C22H21F2N/c23-13-1-2-16-3-5-17(6-4-16)18-7-9-19(10-8-18)20-11-12-21(15-25)22(24)14-20/h1,7-14,16-17H,2-6H2/b13-1+. The topological polar surface area (TPSA) is 23.8 Å². The lowest BCUT2D eigenvalue weighted by atomic mass is 9.77. The predicted molar refractivity (Wildman–Crippen MR) is 96.1 cm³/mol. The monoisotopic (exact) mass is 337 g/mol. The van der Waals surface area contributed by atoms with Crippen molar-refractivity contribution in [1.29, 1.82) is 5.26 Å². The Bertz CT molecular complexity index is 779. The molecule has 0 aliphatic heterocycles. The first-order valence-corrected chi connectivity index (χ1v) is 8.76. The summed E-state index contributed by atoms with van der Waals surface area (Å²) in [6.45, 7) is 0. The van der Waals surface area contributed by atoms with Gasteiger partial charge in [-0.1, -0.05) is 36.4 Å². The zero-order valence-electron chi connectivity index (χ0n) is 14.1.